The van der Waals surface area contributed by atoms with Crippen molar-refractivity contribution in [3.63, 3.8) is 0 Å². The van der Waals surface area contributed by atoms with Crippen LogP contribution in [-0.2, 0) is 0 Å². The Morgan fingerprint density at radius 2 is 1.93 bits per heavy atom. The van der Waals surface area contributed by atoms with Crippen LogP contribution in [0.2, 0.25) is 5.02 Å². The van der Waals surface area contributed by atoms with Crippen LogP contribution in [0.25, 0.3) is 11.3 Å². The van der Waals surface area contributed by atoms with Crippen LogP contribution in [0.5, 0.6) is 5.75 Å². The van der Waals surface area contributed by atoms with Crippen molar-refractivity contribution in [2.24, 2.45) is 5.10 Å². The van der Waals surface area contributed by atoms with Crippen LogP contribution in [0.15, 0.2) is 64.1 Å². The lowest BCUT2D eigenvalue weighted by Gasteiger charge is -2.05. The third-order valence-corrected chi connectivity index (χ3v) is 4.38. The van der Waals surface area contributed by atoms with E-state index in [1.54, 1.807) is 42.5 Å². The molecule has 0 fully saturated rings. The van der Waals surface area contributed by atoms with Crippen LogP contribution in [0.4, 0.5) is 0 Å². The third kappa shape index (κ3) is 5.27. The quantitative estimate of drug-likeness (QED) is 0.396. The van der Waals surface area contributed by atoms with Crippen LogP contribution < -0.4 is 10.2 Å². The number of carboxylic acids is 1. The SMILES string of the molecule is CCCOc1ccc(C(=O)N/N=C/c2ccc(-c3ccc(Cl)c(C(=O)O)c3)o2)cc1. The van der Waals surface area contributed by atoms with Gasteiger partial charge in [0.25, 0.3) is 5.91 Å². The molecule has 1 aromatic heterocycles. The van der Waals surface area contributed by atoms with Gasteiger partial charge in [-0.25, -0.2) is 10.2 Å². The molecule has 154 valence electrons. The number of aromatic carboxylic acids is 1. The van der Waals surface area contributed by atoms with E-state index < -0.39 is 5.97 Å². The number of carboxylic acid groups (broad SMARTS) is 1. The highest BCUT2D eigenvalue weighted by molar-refractivity contribution is 6.33. The Labute approximate surface area is 177 Å². The van der Waals surface area contributed by atoms with E-state index in [0.717, 1.165) is 6.42 Å². The molecule has 2 aromatic carbocycles. The van der Waals surface area contributed by atoms with Gasteiger partial charge in [-0.1, -0.05) is 18.5 Å². The summed E-state index contributed by atoms with van der Waals surface area (Å²) < 4.78 is 11.1. The molecule has 0 radical (unpaired) electrons. The zero-order valence-corrected chi connectivity index (χ0v) is 16.8. The van der Waals surface area contributed by atoms with E-state index in [2.05, 4.69) is 10.5 Å². The van der Waals surface area contributed by atoms with E-state index in [1.165, 1.54) is 18.3 Å². The van der Waals surface area contributed by atoms with Crippen molar-refractivity contribution < 1.29 is 23.8 Å². The van der Waals surface area contributed by atoms with Crippen molar-refractivity contribution in [3.05, 3.63) is 76.5 Å². The molecule has 0 atom stereocenters. The van der Waals surface area contributed by atoms with E-state index in [4.69, 9.17) is 20.8 Å². The lowest BCUT2D eigenvalue weighted by atomic mass is 10.1. The first-order chi connectivity index (χ1) is 14.5. The highest BCUT2D eigenvalue weighted by Crippen LogP contribution is 2.26. The average molecular weight is 427 g/mol. The van der Waals surface area contributed by atoms with Crippen LogP contribution in [0, 0.1) is 0 Å². The molecule has 1 amide bonds. The van der Waals surface area contributed by atoms with Gasteiger partial charge in [0.15, 0.2) is 0 Å². The summed E-state index contributed by atoms with van der Waals surface area (Å²) in [6, 6.07) is 14.7. The van der Waals surface area contributed by atoms with Gasteiger partial charge in [-0.15, -0.1) is 0 Å². The first kappa shape index (κ1) is 21.1. The molecule has 8 heteroatoms. The van der Waals surface area contributed by atoms with E-state index in [-0.39, 0.29) is 16.5 Å². The van der Waals surface area contributed by atoms with E-state index in [9.17, 15) is 14.7 Å². The highest BCUT2D eigenvalue weighted by atomic mass is 35.5. The molecule has 0 aliphatic rings. The van der Waals surface area contributed by atoms with E-state index in [0.29, 0.717) is 35.0 Å². The number of nitrogens with zero attached hydrogens (tertiary/aromatic N) is 1. The van der Waals surface area contributed by atoms with Gasteiger partial charge < -0.3 is 14.3 Å². The first-order valence-electron chi connectivity index (χ1n) is 9.17. The lowest BCUT2D eigenvalue weighted by molar-refractivity contribution is 0.0697. The van der Waals surface area contributed by atoms with E-state index >= 15 is 0 Å². The molecule has 2 N–H and O–H groups in total. The zero-order valence-electron chi connectivity index (χ0n) is 16.1. The molecule has 1 heterocycles. The van der Waals surface area contributed by atoms with Crippen LogP contribution in [-0.4, -0.2) is 29.8 Å². The molecule has 0 aliphatic heterocycles. The largest absolute Gasteiger partial charge is 0.494 e. The minimum absolute atomic E-state index is 0.0147. The second-order valence-electron chi connectivity index (χ2n) is 6.27. The zero-order chi connectivity index (χ0) is 21.5. The second-order valence-corrected chi connectivity index (χ2v) is 6.68. The van der Waals surface area contributed by atoms with Gasteiger partial charge >= 0.3 is 5.97 Å². The Morgan fingerprint density at radius 1 is 1.17 bits per heavy atom. The molecular weight excluding hydrogens is 408 g/mol. The maximum atomic E-state index is 12.2. The molecule has 0 unspecified atom stereocenters. The van der Waals surface area contributed by atoms with Gasteiger partial charge in [0.1, 0.15) is 17.3 Å². The summed E-state index contributed by atoms with van der Waals surface area (Å²) in [7, 11) is 0. The Kier molecular flexibility index (Phi) is 6.87. The summed E-state index contributed by atoms with van der Waals surface area (Å²) in [5.74, 6) is 0.0463. The van der Waals surface area contributed by atoms with Gasteiger partial charge in [-0.2, -0.15) is 5.10 Å². The number of amides is 1. The first-order valence-corrected chi connectivity index (χ1v) is 9.55. The third-order valence-electron chi connectivity index (χ3n) is 4.06. The maximum Gasteiger partial charge on any atom is 0.337 e. The number of hydrazone groups is 1. The number of furan rings is 1. The van der Waals surface area contributed by atoms with Crippen molar-refractivity contribution >= 4 is 29.7 Å². The predicted octanol–water partition coefficient (Wildman–Crippen LogP) is 4.85. The molecule has 0 bridgehead atoms. The number of carbonyl (C=O) groups is 2. The molecule has 0 spiro atoms. The Balaban J connectivity index is 1.62. The van der Waals surface area contributed by atoms with Crippen molar-refractivity contribution in [2.45, 2.75) is 13.3 Å². The monoisotopic (exact) mass is 426 g/mol. The number of nitrogens with one attached hydrogen (secondary N) is 1. The van der Waals surface area contributed by atoms with Gasteiger partial charge in [0.2, 0.25) is 0 Å². The summed E-state index contributed by atoms with van der Waals surface area (Å²) >= 11 is 5.88. The normalized spacial score (nSPS) is 10.9. The summed E-state index contributed by atoms with van der Waals surface area (Å²) in [6.07, 6.45) is 2.26. The number of benzene rings is 2. The van der Waals surface area contributed by atoms with Crippen LogP contribution >= 0.6 is 11.6 Å². The standard InChI is InChI=1S/C22H19ClN2O5/c1-2-11-29-16-6-3-14(4-7-16)21(26)25-24-13-17-8-10-20(30-17)15-5-9-19(23)18(12-15)22(27)28/h3-10,12-13H,2,11H2,1H3,(H,25,26)(H,27,28)/b24-13+. The van der Waals surface area contributed by atoms with Crippen LogP contribution in [0.1, 0.15) is 39.8 Å². The van der Waals surface area contributed by atoms with Gasteiger partial charge in [-0.05, 0) is 61.0 Å². The van der Waals surface area contributed by atoms with Gasteiger partial charge in [0, 0.05) is 11.1 Å². The van der Waals surface area contributed by atoms with Gasteiger partial charge in [-0.3, -0.25) is 4.79 Å². The molecule has 0 saturated carbocycles. The smallest absolute Gasteiger partial charge is 0.337 e. The minimum Gasteiger partial charge on any atom is -0.494 e. The maximum absolute atomic E-state index is 12.2. The summed E-state index contributed by atoms with van der Waals surface area (Å²) in [6.45, 7) is 2.64. The average Bonchev–Trinajstić information content (AvgIpc) is 3.21. The fourth-order valence-electron chi connectivity index (χ4n) is 2.56. The second kappa shape index (κ2) is 9.76. The van der Waals surface area contributed by atoms with Gasteiger partial charge in [0.05, 0.1) is 23.4 Å². The number of rotatable bonds is 8. The van der Waals surface area contributed by atoms with Crippen molar-refractivity contribution in [1.29, 1.82) is 0 Å². The topological polar surface area (TPSA) is 101 Å². The van der Waals surface area contributed by atoms with Crippen LogP contribution in [0.3, 0.4) is 0 Å². The summed E-state index contributed by atoms with van der Waals surface area (Å²) in [5.41, 5.74) is 3.41. The number of hydrogen-bond acceptors (Lipinski definition) is 5. The lowest BCUT2D eigenvalue weighted by Crippen LogP contribution is -2.17. The Bertz CT molecular complexity index is 1070. The summed E-state index contributed by atoms with van der Waals surface area (Å²) in [4.78, 5) is 23.4. The van der Waals surface area contributed by atoms with Crippen molar-refractivity contribution in [1.82, 2.24) is 5.43 Å². The molecule has 0 aliphatic carbocycles. The predicted molar refractivity (Wildman–Crippen MR) is 113 cm³/mol. The number of ether oxygens (including phenoxy) is 1. The Hall–Kier alpha value is -3.58. The fourth-order valence-corrected chi connectivity index (χ4v) is 2.76. The molecule has 7 nitrogen and oxygen atoms in total. The molecule has 30 heavy (non-hydrogen) atoms. The molecule has 0 saturated heterocycles. The van der Waals surface area contributed by atoms with Crippen molar-refractivity contribution in [2.75, 3.05) is 6.61 Å². The molecular formula is C22H19ClN2O5. The minimum atomic E-state index is -1.12. The number of carbonyl (C=O) groups excluding carboxylic acids is 1. The fraction of sp³-hybridized carbons (Fsp3) is 0.136. The Morgan fingerprint density at radius 3 is 2.63 bits per heavy atom. The van der Waals surface area contributed by atoms with E-state index in [1.807, 2.05) is 6.92 Å². The number of halogens is 1. The highest BCUT2D eigenvalue weighted by Gasteiger charge is 2.12. The number of hydrogen-bond donors (Lipinski definition) is 2. The van der Waals surface area contributed by atoms with Crippen molar-refractivity contribution in [3.8, 4) is 17.1 Å². The summed E-state index contributed by atoms with van der Waals surface area (Å²) in [5, 5.41) is 13.2. The molecule has 3 rings (SSSR count). The molecule has 3 aromatic rings.